The molecule has 0 spiro atoms. The van der Waals surface area contributed by atoms with Gasteiger partial charge in [-0.2, -0.15) is 0 Å². The summed E-state index contributed by atoms with van der Waals surface area (Å²) >= 11 is 0. The second-order valence-corrected chi connectivity index (χ2v) is 7.62. The summed E-state index contributed by atoms with van der Waals surface area (Å²) < 4.78 is 5.37. The zero-order valence-electron chi connectivity index (χ0n) is 15.9. The molecule has 0 aromatic rings. The predicted molar refractivity (Wildman–Crippen MR) is 94.3 cm³/mol. The minimum atomic E-state index is -0.431. The molecule has 0 aliphatic rings. The number of nitrogens with zero attached hydrogens (tertiary/aromatic N) is 1. The molecule has 0 aliphatic heterocycles. The van der Waals surface area contributed by atoms with Gasteiger partial charge in [0.1, 0.15) is 5.60 Å². The molecule has 0 fully saturated rings. The largest absolute Gasteiger partial charge is 0.444 e. The summed E-state index contributed by atoms with van der Waals surface area (Å²) in [6.07, 6.45) is 6.24. The van der Waals surface area contributed by atoms with Gasteiger partial charge in [0.2, 0.25) is 0 Å². The lowest BCUT2D eigenvalue weighted by atomic mass is 10.1. The molecule has 4 nitrogen and oxygen atoms in total. The molecule has 0 aliphatic carbocycles. The van der Waals surface area contributed by atoms with Gasteiger partial charge >= 0.3 is 6.09 Å². The summed E-state index contributed by atoms with van der Waals surface area (Å²) in [5, 5.41) is 3.57. The summed E-state index contributed by atoms with van der Waals surface area (Å²) in [7, 11) is 1.80. The number of amides is 1. The van der Waals surface area contributed by atoms with E-state index in [4.69, 9.17) is 4.74 Å². The molecule has 0 radical (unpaired) electrons. The smallest absolute Gasteiger partial charge is 0.410 e. The van der Waals surface area contributed by atoms with Crippen molar-refractivity contribution >= 4 is 6.09 Å². The lowest BCUT2D eigenvalue weighted by Crippen LogP contribution is -2.39. The van der Waals surface area contributed by atoms with E-state index in [1.54, 1.807) is 11.9 Å². The fraction of sp³-hybridized carbons (Fsp3) is 0.944. The lowest BCUT2D eigenvalue weighted by Gasteiger charge is -2.27. The first-order chi connectivity index (χ1) is 10.2. The second-order valence-electron chi connectivity index (χ2n) is 7.62. The molecule has 2 atom stereocenters. The third kappa shape index (κ3) is 11.8. The van der Waals surface area contributed by atoms with Crippen LogP contribution in [-0.2, 0) is 4.74 Å². The van der Waals surface area contributed by atoms with Crippen molar-refractivity contribution in [3.8, 4) is 0 Å². The Labute approximate surface area is 138 Å². The van der Waals surface area contributed by atoms with E-state index < -0.39 is 5.60 Å². The van der Waals surface area contributed by atoms with Crippen molar-refractivity contribution in [2.75, 3.05) is 20.1 Å². The topological polar surface area (TPSA) is 41.6 Å². The number of nitrogens with one attached hydrogen (secondary N) is 1. The lowest BCUT2D eigenvalue weighted by molar-refractivity contribution is 0.0276. The van der Waals surface area contributed by atoms with E-state index in [0.29, 0.717) is 18.5 Å². The molecule has 0 saturated carbocycles. The maximum atomic E-state index is 11.9. The first-order valence-corrected chi connectivity index (χ1v) is 8.83. The van der Waals surface area contributed by atoms with Crippen molar-refractivity contribution in [3.63, 3.8) is 0 Å². The quantitative estimate of drug-likeness (QED) is 0.606. The van der Waals surface area contributed by atoms with E-state index in [9.17, 15) is 4.79 Å². The highest BCUT2D eigenvalue weighted by Crippen LogP contribution is 2.10. The van der Waals surface area contributed by atoms with Crippen LogP contribution >= 0.6 is 0 Å². The highest BCUT2D eigenvalue weighted by molar-refractivity contribution is 5.67. The zero-order chi connectivity index (χ0) is 17.2. The number of carbonyl (C=O) groups excluding carboxylic acids is 1. The number of ether oxygens (including phenoxy) is 1. The molecule has 0 aromatic heterocycles. The Morgan fingerprint density at radius 1 is 1.18 bits per heavy atom. The molecule has 0 bridgehead atoms. The van der Waals surface area contributed by atoms with Crippen molar-refractivity contribution in [1.29, 1.82) is 0 Å². The molecular weight excluding hydrogens is 276 g/mol. The van der Waals surface area contributed by atoms with Gasteiger partial charge in [-0.25, -0.2) is 4.79 Å². The zero-order valence-corrected chi connectivity index (χ0v) is 15.9. The number of unbranched alkanes of at least 4 members (excludes halogenated alkanes) is 3. The van der Waals surface area contributed by atoms with Gasteiger partial charge in [-0.3, -0.25) is 0 Å². The van der Waals surface area contributed by atoms with Gasteiger partial charge in [0.05, 0.1) is 0 Å². The molecule has 1 amide bonds. The third-order valence-corrected chi connectivity index (χ3v) is 3.60. The monoisotopic (exact) mass is 314 g/mol. The molecular formula is C18H38N2O2. The minimum absolute atomic E-state index is 0.244. The molecule has 0 aromatic carbocycles. The Hall–Kier alpha value is -0.770. The van der Waals surface area contributed by atoms with Crippen molar-refractivity contribution < 1.29 is 9.53 Å². The van der Waals surface area contributed by atoms with E-state index in [1.165, 1.54) is 32.1 Å². The average Bonchev–Trinajstić information content (AvgIpc) is 2.39. The average molecular weight is 315 g/mol. The third-order valence-electron chi connectivity index (χ3n) is 3.60. The molecule has 22 heavy (non-hydrogen) atoms. The van der Waals surface area contributed by atoms with Crippen molar-refractivity contribution in [2.45, 2.75) is 85.3 Å². The van der Waals surface area contributed by atoms with Crippen LogP contribution in [0.1, 0.15) is 73.6 Å². The van der Waals surface area contributed by atoms with Gasteiger partial charge in [-0.15, -0.1) is 0 Å². The molecule has 0 saturated heterocycles. The normalized spacial score (nSPS) is 14.5. The van der Waals surface area contributed by atoms with E-state index >= 15 is 0 Å². The van der Waals surface area contributed by atoms with Gasteiger partial charge in [0, 0.05) is 19.6 Å². The second kappa shape index (κ2) is 10.9. The Bertz CT molecular complexity index is 300. The van der Waals surface area contributed by atoms with E-state index in [0.717, 1.165) is 6.54 Å². The summed E-state index contributed by atoms with van der Waals surface area (Å²) in [5.41, 5.74) is -0.431. The predicted octanol–water partition coefficient (Wildman–Crippen LogP) is 4.44. The molecule has 0 heterocycles. The molecule has 2 unspecified atom stereocenters. The maximum absolute atomic E-state index is 11.9. The van der Waals surface area contributed by atoms with E-state index in [-0.39, 0.29) is 6.09 Å². The summed E-state index contributed by atoms with van der Waals surface area (Å²) in [6, 6.07) is 0.547. The minimum Gasteiger partial charge on any atom is -0.444 e. The fourth-order valence-corrected chi connectivity index (χ4v) is 2.33. The molecule has 132 valence electrons. The number of hydrogen-bond donors (Lipinski definition) is 1. The highest BCUT2D eigenvalue weighted by Gasteiger charge is 2.20. The fourth-order valence-electron chi connectivity index (χ4n) is 2.33. The van der Waals surface area contributed by atoms with Crippen molar-refractivity contribution in [3.05, 3.63) is 0 Å². The highest BCUT2D eigenvalue weighted by atomic mass is 16.6. The summed E-state index contributed by atoms with van der Waals surface area (Å²) in [4.78, 5) is 13.6. The van der Waals surface area contributed by atoms with Gasteiger partial charge in [-0.1, -0.05) is 39.5 Å². The summed E-state index contributed by atoms with van der Waals surface area (Å²) in [5.74, 6) is 0.413. The SMILES string of the molecule is CCCCCCC(C)NCC(C)CN(C)C(=O)OC(C)(C)C. The first kappa shape index (κ1) is 21.2. The van der Waals surface area contributed by atoms with Crippen LogP contribution < -0.4 is 5.32 Å². The van der Waals surface area contributed by atoms with Crippen LogP contribution in [0.25, 0.3) is 0 Å². The van der Waals surface area contributed by atoms with Gasteiger partial charge in [-0.05, 0) is 46.6 Å². The number of hydrogen-bond acceptors (Lipinski definition) is 3. The van der Waals surface area contributed by atoms with Crippen LogP contribution in [0, 0.1) is 5.92 Å². The molecule has 4 heteroatoms. The summed E-state index contributed by atoms with van der Waals surface area (Å²) in [6.45, 7) is 14.0. The van der Waals surface area contributed by atoms with Crippen LogP contribution in [0.4, 0.5) is 4.79 Å². The number of rotatable bonds is 10. The van der Waals surface area contributed by atoms with Crippen LogP contribution in [0.5, 0.6) is 0 Å². The van der Waals surface area contributed by atoms with E-state index in [2.05, 4.69) is 26.1 Å². The Kier molecular flexibility index (Phi) is 10.5. The van der Waals surface area contributed by atoms with Crippen LogP contribution in [-0.4, -0.2) is 42.8 Å². The van der Waals surface area contributed by atoms with Gasteiger partial charge in [0.15, 0.2) is 0 Å². The molecule has 1 N–H and O–H groups in total. The number of carbonyl (C=O) groups is 1. The van der Waals surface area contributed by atoms with Gasteiger partial charge < -0.3 is 15.0 Å². The van der Waals surface area contributed by atoms with Crippen molar-refractivity contribution in [1.82, 2.24) is 10.2 Å². The van der Waals surface area contributed by atoms with Crippen LogP contribution in [0.2, 0.25) is 0 Å². The van der Waals surface area contributed by atoms with Gasteiger partial charge in [0.25, 0.3) is 0 Å². The Balaban J connectivity index is 3.88. The standard InChI is InChI=1S/C18H38N2O2/c1-8-9-10-11-12-16(3)19-13-15(2)14-20(7)17(21)22-18(4,5)6/h15-16,19H,8-14H2,1-7H3. The van der Waals surface area contributed by atoms with Crippen LogP contribution in [0.3, 0.4) is 0 Å². The first-order valence-electron chi connectivity index (χ1n) is 8.83. The maximum Gasteiger partial charge on any atom is 0.410 e. The Morgan fingerprint density at radius 2 is 1.82 bits per heavy atom. The van der Waals surface area contributed by atoms with Crippen LogP contribution in [0.15, 0.2) is 0 Å². The Morgan fingerprint density at radius 3 is 2.36 bits per heavy atom. The molecule has 0 rings (SSSR count). The van der Waals surface area contributed by atoms with Crippen molar-refractivity contribution in [2.24, 2.45) is 5.92 Å². The van der Waals surface area contributed by atoms with E-state index in [1.807, 2.05) is 20.8 Å².